The molecule has 0 aliphatic rings. The maximum Gasteiger partial charge on any atom is 0.271 e. The predicted octanol–water partition coefficient (Wildman–Crippen LogP) is 4.81. The molecule has 3 aromatic rings. The van der Waals surface area contributed by atoms with Gasteiger partial charge in [0.1, 0.15) is 18.1 Å². The first kappa shape index (κ1) is 19.6. The molecule has 1 amide bonds. The summed E-state index contributed by atoms with van der Waals surface area (Å²) in [5.41, 5.74) is 5.68. The molecular weight excluding hydrogens is 420 g/mol. The van der Waals surface area contributed by atoms with E-state index in [0.29, 0.717) is 23.5 Å². The topological polar surface area (TPSA) is 70.9 Å². The number of hydrazone groups is 1. The van der Waals surface area contributed by atoms with Crippen molar-refractivity contribution in [2.45, 2.75) is 13.5 Å². The second-order valence-electron chi connectivity index (χ2n) is 6.20. The third-order valence-electron chi connectivity index (χ3n) is 4.00. The van der Waals surface area contributed by atoms with Crippen LogP contribution in [0.25, 0.3) is 0 Å². The number of aromatic hydroxyl groups is 1. The molecule has 0 atom stereocenters. The van der Waals surface area contributed by atoms with E-state index < -0.39 is 0 Å². The molecule has 0 saturated carbocycles. The van der Waals surface area contributed by atoms with Gasteiger partial charge in [0.2, 0.25) is 0 Å². The lowest BCUT2D eigenvalue weighted by molar-refractivity contribution is 0.0955. The highest BCUT2D eigenvalue weighted by Gasteiger charge is 2.05. The zero-order valence-corrected chi connectivity index (χ0v) is 16.8. The van der Waals surface area contributed by atoms with Gasteiger partial charge in [0.25, 0.3) is 5.91 Å². The number of rotatable bonds is 6. The molecule has 142 valence electrons. The zero-order chi connectivity index (χ0) is 19.9. The normalized spacial score (nSPS) is 10.8. The zero-order valence-electron chi connectivity index (χ0n) is 15.2. The predicted molar refractivity (Wildman–Crippen MR) is 113 cm³/mol. The van der Waals surface area contributed by atoms with Crippen LogP contribution in [0.3, 0.4) is 0 Å². The number of halogens is 1. The van der Waals surface area contributed by atoms with Crippen molar-refractivity contribution >= 4 is 28.1 Å². The number of hydrogen-bond acceptors (Lipinski definition) is 4. The summed E-state index contributed by atoms with van der Waals surface area (Å²) in [5, 5.41) is 13.6. The number of hydrogen-bond donors (Lipinski definition) is 2. The van der Waals surface area contributed by atoms with Crippen LogP contribution in [-0.4, -0.2) is 17.2 Å². The number of carbonyl (C=O) groups excluding carboxylic acids is 1. The highest BCUT2D eigenvalue weighted by atomic mass is 79.9. The summed E-state index contributed by atoms with van der Waals surface area (Å²) in [6, 6.07) is 19.9. The van der Waals surface area contributed by atoms with Crippen molar-refractivity contribution in [2.24, 2.45) is 5.10 Å². The summed E-state index contributed by atoms with van der Waals surface area (Å²) < 4.78 is 6.54. The van der Waals surface area contributed by atoms with Crippen LogP contribution >= 0.6 is 15.9 Å². The highest BCUT2D eigenvalue weighted by Crippen LogP contribution is 2.20. The molecular formula is C22H19BrN2O3. The number of nitrogens with zero attached hydrogens (tertiary/aromatic N) is 1. The Labute approximate surface area is 171 Å². The number of carbonyl (C=O) groups is 1. The highest BCUT2D eigenvalue weighted by molar-refractivity contribution is 9.10. The number of phenolic OH excluding ortho intramolecular Hbond substituents is 1. The average molecular weight is 439 g/mol. The van der Waals surface area contributed by atoms with Crippen molar-refractivity contribution in [3.63, 3.8) is 0 Å². The molecule has 6 heteroatoms. The third-order valence-corrected chi connectivity index (χ3v) is 4.50. The Hall–Kier alpha value is -3.12. The van der Waals surface area contributed by atoms with E-state index in [0.717, 1.165) is 10.0 Å². The smallest absolute Gasteiger partial charge is 0.271 e. The Balaban J connectivity index is 1.55. The Bertz CT molecular complexity index is 984. The minimum absolute atomic E-state index is 0.0799. The molecule has 3 aromatic carbocycles. The lowest BCUT2D eigenvalue weighted by atomic mass is 10.2. The number of amides is 1. The lowest BCUT2D eigenvalue weighted by Gasteiger charge is -2.07. The first-order chi connectivity index (χ1) is 13.5. The Kier molecular flexibility index (Phi) is 6.45. The molecule has 0 saturated heterocycles. The van der Waals surface area contributed by atoms with Crippen LogP contribution < -0.4 is 10.2 Å². The first-order valence-corrected chi connectivity index (χ1v) is 9.41. The average Bonchev–Trinajstić information content (AvgIpc) is 2.70. The quantitative estimate of drug-likeness (QED) is 0.428. The second-order valence-corrected chi connectivity index (χ2v) is 7.12. The van der Waals surface area contributed by atoms with Crippen molar-refractivity contribution in [1.29, 1.82) is 0 Å². The van der Waals surface area contributed by atoms with Crippen LogP contribution in [0.15, 0.2) is 76.3 Å². The molecule has 28 heavy (non-hydrogen) atoms. The number of aryl methyl sites for hydroxylation is 1. The van der Waals surface area contributed by atoms with Gasteiger partial charge in [-0.2, -0.15) is 5.10 Å². The van der Waals surface area contributed by atoms with E-state index in [1.807, 2.05) is 31.2 Å². The van der Waals surface area contributed by atoms with Gasteiger partial charge < -0.3 is 9.84 Å². The van der Waals surface area contributed by atoms with E-state index in [4.69, 9.17) is 4.74 Å². The van der Waals surface area contributed by atoms with Crippen molar-refractivity contribution < 1.29 is 14.6 Å². The van der Waals surface area contributed by atoms with Crippen LogP contribution in [0.1, 0.15) is 27.0 Å². The fraction of sp³-hybridized carbons (Fsp3) is 0.0909. The maximum absolute atomic E-state index is 12.2. The van der Waals surface area contributed by atoms with Gasteiger partial charge in [-0.3, -0.25) is 4.79 Å². The van der Waals surface area contributed by atoms with Gasteiger partial charge in [-0.15, -0.1) is 0 Å². The number of ether oxygens (including phenoxy) is 1. The lowest BCUT2D eigenvalue weighted by Crippen LogP contribution is -2.17. The molecule has 0 bridgehead atoms. The Morgan fingerprint density at radius 2 is 1.82 bits per heavy atom. The van der Waals surface area contributed by atoms with Crippen LogP contribution in [0.2, 0.25) is 0 Å². The number of benzene rings is 3. The molecule has 0 aromatic heterocycles. The molecule has 0 radical (unpaired) electrons. The third kappa shape index (κ3) is 5.44. The minimum atomic E-state index is -0.351. The second kappa shape index (κ2) is 9.19. The molecule has 2 N–H and O–H groups in total. The van der Waals surface area contributed by atoms with Gasteiger partial charge in [0.15, 0.2) is 0 Å². The van der Waals surface area contributed by atoms with E-state index in [1.54, 1.807) is 42.5 Å². The minimum Gasteiger partial charge on any atom is -0.507 e. The standard InChI is InChI=1S/C22H19BrN2O3/c1-15-2-4-16(5-3-15)14-28-20-9-6-17(7-10-20)22(27)25-24-13-18-12-19(23)8-11-21(18)26/h2-13,26H,14H2,1H3,(H,25,27)/b24-13-. The molecule has 3 rings (SSSR count). The summed E-state index contributed by atoms with van der Waals surface area (Å²) in [5.74, 6) is 0.409. The monoisotopic (exact) mass is 438 g/mol. The van der Waals surface area contributed by atoms with Crippen LogP contribution in [0.5, 0.6) is 11.5 Å². The van der Waals surface area contributed by atoms with E-state index in [1.165, 1.54) is 11.8 Å². The largest absolute Gasteiger partial charge is 0.507 e. The van der Waals surface area contributed by atoms with E-state index in [2.05, 4.69) is 26.5 Å². The summed E-state index contributed by atoms with van der Waals surface area (Å²) in [6.45, 7) is 2.51. The summed E-state index contributed by atoms with van der Waals surface area (Å²) in [6.07, 6.45) is 1.39. The number of phenols is 1. The molecule has 5 nitrogen and oxygen atoms in total. The van der Waals surface area contributed by atoms with Crippen molar-refractivity contribution in [1.82, 2.24) is 5.43 Å². The first-order valence-electron chi connectivity index (χ1n) is 8.61. The van der Waals surface area contributed by atoms with Crippen LogP contribution in [-0.2, 0) is 6.61 Å². The van der Waals surface area contributed by atoms with E-state index in [9.17, 15) is 9.90 Å². The van der Waals surface area contributed by atoms with Gasteiger partial charge in [-0.05, 0) is 55.0 Å². The number of nitrogens with one attached hydrogen (secondary N) is 1. The molecule has 0 aliphatic heterocycles. The Morgan fingerprint density at radius 3 is 2.54 bits per heavy atom. The van der Waals surface area contributed by atoms with E-state index in [-0.39, 0.29) is 11.7 Å². The van der Waals surface area contributed by atoms with Gasteiger partial charge in [-0.25, -0.2) is 5.43 Å². The van der Waals surface area contributed by atoms with Gasteiger partial charge in [-0.1, -0.05) is 45.8 Å². The molecule has 0 unspecified atom stereocenters. The molecule has 0 heterocycles. The molecule has 0 fully saturated rings. The molecule has 0 aliphatic carbocycles. The van der Waals surface area contributed by atoms with Crippen LogP contribution in [0.4, 0.5) is 0 Å². The summed E-state index contributed by atoms with van der Waals surface area (Å²) in [4.78, 5) is 12.2. The molecule has 0 spiro atoms. The fourth-order valence-electron chi connectivity index (χ4n) is 2.41. The fourth-order valence-corrected chi connectivity index (χ4v) is 2.79. The Morgan fingerprint density at radius 1 is 1.11 bits per heavy atom. The van der Waals surface area contributed by atoms with Crippen LogP contribution in [0, 0.1) is 6.92 Å². The van der Waals surface area contributed by atoms with Crippen molar-refractivity contribution in [3.05, 3.63) is 93.5 Å². The van der Waals surface area contributed by atoms with Gasteiger partial charge in [0, 0.05) is 15.6 Å². The van der Waals surface area contributed by atoms with Gasteiger partial charge >= 0.3 is 0 Å². The van der Waals surface area contributed by atoms with E-state index >= 15 is 0 Å². The van der Waals surface area contributed by atoms with Gasteiger partial charge in [0.05, 0.1) is 6.21 Å². The van der Waals surface area contributed by atoms with Crippen molar-refractivity contribution in [2.75, 3.05) is 0 Å². The summed E-state index contributed by atoms with van der Waals surface area (Å²) >= 11 is 3.32. The van der Waals surface area contributed by atoms with Crippen molar-refractivity contribution in [3.8, 4) is 11.5 Å². The SMILES string of the molecule is Cc1ccc(COc2ccc(C(=O)N/N=C\c3cc(Br)ccc3O)cc2)cc1. The summed E-state index contributed by atoms with van der Waals surface area (Å²) in [7, 11) is 0. The maximum atomic E-state index is 12.2.